The van der Waals surface area contributed by atoms with Crippen molar-refractivity contribution in [2.45, 2.75) is 73.1 Å². The number of carbonyl (C=O) groups is 2. The van der Waals surface area contributed by atoms with Crippen LogP contribution in [0.15, 0.2) is 0 Å². The van der Waals surface area contributed by atoms with Crippen molar-refractivity contribution in [3.05, 3.63) is 16.0 Å². The number of thiophene rings is 1. The number of rotatable bonds is 7. The van der Waals surface area contributed by atoms with E-state index in [9.17, 15) is 9.59 Å². The quantitative estimate of drug-likeness (QED) is 0.675. The summed E-state index contributed by atoms with van der Waals surface area (Å²) >= 11 is 1.57. The zero-order chi connectivity index (χ0) is 18.6. The molecule has 5 heteroatoms. The lowest BCUT2D eigenvalue weighted by atomic mass is 9.69. The smallest absolute Gasteiger partial charge is 0.341 e. The van der Waals surface area contributed by atoms with Crippen molar-refractivity contribution in [2.75, 3.05) is 11.9 Å². The molecular weight excluding hydrogens is 334 g/mol. The summed E-state index contributed by atoms with van der Waals surface area (Å²) in [6.07, 6.45) is 5.35. The molecule has 1 aliphatic carbocycles. The number of nitrogens with one attached hydrogen (secondary N) is 1. The van der Waals surface area contributed by atoms with Crippen LogP contribution in [0, 0.1) is 11.3 Å². The summed E-state index contributed by atoms with van der Waals surface area (Å²) in [5.41, 5.74) is 1.98. The molecule has 0 fully saturated rings. The second-order valence-corrected chi connectivity index (χ2v) is 8.61. The SMILES string of the molecule is CCCC(=O)Nc1sc2c(c1C(=O)OCC)CCC(C(C)(C)CC)C2. The Labute approximate surface area is 155 Å². The topological polar surface area (TPSA) is 55.4 Å². The van der Waals surface area contributed by atoms with Gasteiger partial charge in [0.15, 0.2) is 0 Å². The van der Waals surface area contributed by atoms with Crippen molar-refractivity contribution in [1.82, 2.24) is 0 Å². The highest BCUT2D eigenvalue weighted by Gasteiger charge is 2.35. The molecule has 0 aliphatic heterocycles. The molecule has 0 aromatic carbocycles. The molecule has 0 saturated heterocycles. The molecule has 140 valence electrons. The molecule has 1 N–H and O–H groups in total. The van der Waals surface area contributed by atoms with Gasteiger partial charge < -0.3 is 10.1 Å². The summed E-state index contributed by atoms with van der Waals surface area (Å²) in [6, 6.07) is 0. The van der Waals surface area contributed by atoms with E-state index < -0.39 is 0 Å². The summed E-state index contributed by atoms with van der Waals surface area (Å²) in [5, 5.41) is 3.63. The zero-order valence-corrected chi connectivity index (χ0v) is 17.0. The van der Waals surface area contributed by atoms with Gasteiger partial charge in [0, 0.05) is 11.3 Å². The number of hydrogen-bond acceptors (Lipinski definition) is 4. The lowest BCUT2D eigenvalue weighted by Gasteiger charge is -2.36. The average Bonchev–Trinajstić information content (AvgIpc) is 2.92. The largest absolute Gasteiger partial charge is 0.462 e. The van der Waals surface area contributed by atoms with Crippen molar-refractivity contribution in [3.63, 3.8) is 0 Å². The fourth-order valence-corrected chi connectivity index (χ4v) is 4.80. The molecule has 0 saturated carbocycles. The van der Waals surface area contributed by atoms with Crippen molar-refractivity contribution in [2.24, 2.45) is 11.3 Å². The van der Waals surface area contributed by atoms with Crippen molar-refractivity contribution in [3.8, 4) is 0 Å². The number of hydrogen-bond donors (Lipinski definition) is 1. The zero-order valence-electron chi connectivity index (χ0n) is 16.2. The Morgan fingerprint density at radius 3 is 2.60 bits per heavy atom. The monoisotopic (exact) mass is 365 g/mol. The van der Waals surface area contributed by atoms with Crippen LogP contribution >= 0.6 is 11.3 Å². The fraction of sp³-hybridized carbons (Fsp3) is 0.700. The Morgan fingerprint density at radius 2 is 2.00 bits per heavy atom. The molecule has 25 heavy (non-hydrogen) atoms. The predicted molar refractivity (Wildman–Crippen MR) is 103 cm³/mol. The number of carbonyl (C=O) groups excluding carboxylic acids is 2. The van der Waals surface area contributed by atoms with Crippen LogP contribution in [0.5, 0.6) is 0 Å². The maximum Gasteiger partial charge on any atom is 0.341 e. The van der Waals surface area contributed by atoms with E-state index in [1.807, 2.05) is 13.8 Å². The van der Waals surface area contributed by atoms with Gasteiger partial charge in [0.25, 0.3) is 0 Å². The molecule has 0 spiro atoms. The van der Waals surface area contributed by atoms with Crippen molar-refractivity contribution < 1.29 is 14.3 Å². The first-order valence-corrected chi connectivity index (χ1v) is 10.3. The number of anilines is 1. The van der Waals surface area contributed by atoms with Gasteiger partial charge in [0.2, 0.25) is 5.91 Å². The molecule has 0 bridgehead atoms. The molecule has 1 aromatic heterocycles. The normalized spacial score (nSPS) is 17.1. The van der Waals surface area contributed by atoms with Crippen LogP contribution in [-0.4, -0.2) is 18.5 Å². The van der Waals surface area contributed by atoms with Gasteiger partial charge in [0.1, 0.15) is 5.00 Å². The Hall–Kier alpha value is -1.36. The summed E-state index contributed by atoms with van der Waals surface area (Å²) < 4.78 is 5.27. The van der Waals surface area contributed by atoms with Gasteiger partial charge in [-0.15, -0.1) is 11.3 Å². The third kappa shape index (κ3) is 4.43. The molecule has 1 aliphatic rings. The van der Waals surface area contributed by atoms with Gasteiger partial charge in [-0.3, -0.25) is 4.79 Å². The first-order valence-electron chi connectivity index (χ1n) is 9.45. The fourth-order valence-electron chi connectivity index (χ4n) is 3.47. The van der Waals surface area contributed by atoms with Crippen LogP contribution in [0.1, 0.15) is 81.1 Å². The summed E-state index contributed by atoms with van der Waals surface area (Å²) in [6.45, 7) is 11.0. The maximum absolute atomic E-state index is 12.5. The number of amides is 1. The van der Waals surface area contributed by atoms with Gasteiger partial charge >= 0.3 is 5.97 Å². The van der Waals surface area contributed by atoms with Crippen LogP contribution in [0.25, 0.3) is 0 Å². The van der Waals surface area contributed by atoms with E-state index in [-0.39, 0.29) is 17.3 Å². The van der Waals surface area contributed by atoms with Gasteiger partial charge in [0.05, 0.1) is 12.2 Å². The number of esters is 1. The Balaban J connectivity index is 2.35. The van der Waals surface area contributed by atoms with E-state index in [4.69, 9.17) is 4.74 Å². The molecular formula is C20H31NO3S. The summed E-state index contributed by atoms with van der Waals surface area (Å²) in [5.74, 6) is 0.273. The standard InChI is InChI=1S/C20H31NO3S/c1-6-9-16(22)21-18-17(19(23)24-8-3)14-11-10-13(12-15(14)25-18)20(4,5)7-2/h13H,6-12H2,1-5H3,(H,21,22). The molecule has 4 nitrogen and oxygen atoms in total. The number of fused-ring (bicyclic) bond motifs is 1. The van der Waals surface area contributed by atoms with Crippen LogP contribution < -0.4 is 5.32 Å². The second kappa shape index (κ2) is 8.35. The van der Waals surface area contributed by atoms with Gasteiger partial charge in [-0.05, 0) is 49.5 Å². The minimum Gasteiger partial charge on any atom is -0.462 e. The third-order valence-electron chi connectivity index (χ3n) is 5.49. The average molecular weight is 366 g/mol. The first kappa shape index (κ1) is 20.0. The summed E-state index contributed by atoms with van der Waals surface area (Å²) in [7, 11) is 0. The third-order valence-corrected chi connectivity index (χ3v) is 6.66. The second-order valence-electron chi connectivity index (χ2n) is 7.51. The van der Waals surface area contributed by atoms with Gasteiger partial charge in [-0.1, -0.05) is 34.1 Å². The van der Waals surface area contributed by atoms with Crippen LogP contribution in [0.2, 0.25) is 0 Å². The molecule has 1 unspecified atom stereocenters. The Kier molecular flexibility index (Phi) is 6.66. The molecule has 1 amide bonds. The van der Waals surface area contributed by atoms with Crippen LogP contribution in [-0.2, 0) is 22.4 Å². The highest BCUT2D eigenvalue weighted by Crippen LogP contribution is 2.45. The highest BCUT2D eigenvalue weighted by molar-refractivity contribution is 7.17. The van der Waals surface area contributed by atoms with E-state index in [1.54, 1.807) is 11.3 Å². The van der Waals surface area contributed by atoms with E-state index in [0.717, 1.165) is 37.7 Å². The molecule has 1 atom stereocenters. The number of ether oxygens (including phenoxy) is 1. The van der Waals surface area contributed by atoms with Crippen molar-refractivity contribution >= 4 is 28.2 Å². The van der Waals surface area contributed by atoms with E-state index >= 15 is 0 Å². The van der Waals surface area contributed by atoms with Crippen molar-refractivity contribution in [1.29, 1.82) is 0 Å². The Morgan fingerprint density at radius 1 is 1.28 bits per heavy atom. The van der Waals surface area contributed by atoms with E-state index in [2.05, 4.69) is 26.1 Å². The minimum atomic E-state index is -0.306. The molecule has 0 radical (unpaired) electrons. The minimum absolute atomic E-state index is 0.0305. The van der Waals surface area contributed by atoms with E-state index in [1.165, 1.54) is 4.88 Å². The maximum atomic E-state index is 12.5. The van der Waals surface area contributed by atoms with E-state index in [0.29, 0.717) is 29.5 Å². The van der Waals surface area contributed by atoms with Gasteiger partial charge in [-0.2, -0.15) is 0 Å². The highest BCUT2D eigenvalue weighted by atomic mass is 32.1. The van der Waals surface area contributed by atoms with Gasteiger partial charge in [-0.25, -0.2) is 4.79 Å². The lowest BCUT2D eigenvalue weighted by Crippen LogP contribution is -2.28. The Bertz CT molecular complexity index is 633. The van der Waals surface area contributed by atoms with Crippen LogP contribution in [0.4, 0.5) is 5.00 Å². The molecule has 1 aromatic rings. The first-order chi connectivity index (χ1) is 11.8. The predicted octanol–water partition coefficient (Wildman–Crippen LogP) is 5.20. The molecule has 2 rings (SSSR count). The van der Waals surface area contributed by atoms with Crippen LogP contribution in [0.3, 0.4) is 0 Å². The molecule has 1 heterocycles. The summed E-state index contributed by atoms with van der Waals surface area (Å²) in [4.78, 5) is 25.8. The lowest BCUT2D eigenvalue weighted by molar-refractivity contribution is -0.116.